The molecule has 2 nitrogen and oxygen atoms in total. The largest absolute Gasteiger partial charge is 0.392 e. The zero-order valence-electron chi connectivity index (χ0n) is 9.00. The molecule has 0 spiro atoms. The zero-order valence-corrected chi connectivity index (χ0v) is 9.00. The summed E-state index contributed by atoms with van der Waals surface area (Å²) >= 11 is 0. The lowest BCUT2D eigenvalue weighted by Crippen LogP contribution is -2.40. The molecule has 1 saturated carbocycles. The highest BCUT2D eigenvalue weighted by molar-refractivity contribution is 4.75. The van der Waals surface area contributed by atoms with Crippen LogP contribution in [0.4, 0.5) is 0 Å². The first-order chi connectivity index (χ1) is 6.24. The number of aliphatic hydroxyl groups excluding tert-OH is 1. The lowest BCUT2D eigenvalue weighted by atomic mass is 9.94. The summed E-state index contributed by atoms with van der Waals surface area (Å²) in [4.78, 5) is 2.43. The van der Waals surface area contributed by atoms with Gasteiger partial charge in [0.1, 0.15) is 0 Å². The van der Waals surface area contributed by atoms with E-state index in [9.17, 15) is 5.11 Å². The Bertz CT molecular complexity index is 130. The van der Waals surface area contributed by atoms with E-state index >= 15 is 0 Å². The molecule has 1 N–H and O–H groups in total. The standard InChI is InChI=1S/C11H23NO/c1-3-12(9-10(2)13)11-7-5-4-6-8-11/h10-11,13H,3-9H2,1-2H3/t10-/m1/s1. The van der Waals surface area contributed by atoms with Crippen molar-refractivity contribution >= 4 is 0 Å². The van der Waals surface area contributed by atoms with E-state index in [0.717, 1.165) is 19.1 Å². The van der Waals surface area contributed by atoms with Gasteiger partial charge in [0.15, 0.2) is 0 Å². The molecule has 1 atom stereocenters. The number of aliphatic hydroxyl groups is 1. The summed E-state index contributed by atoms with van der Waals surface area (Å²) in [6.45, 7) is 6.00. The summed E-state index contributed by atoms with van der Waals surface area (Å²) in [6.07, 6.45) is 6.65. The predicted molar refractivity (Wildman–Crippen MR) is 55.8 cm³/mol. The maximum Gasteiger partial charge on any atom is 0.0639 e. The maximum absolute atomic E-state index is 9.34. The van der Waals surface area contributed by atoms with E-state index in [4.69, 9.17) is 0 Å². The lowest BCUT2D eigenvalue weighted by molar-refractivity contribution is 0.0867. The van der Waals surface area contributed by atoms with Crippen LogP contribution in [0.2, 0.25) is 0 Å². The molecule has 0 heterocycles. The Hall–Kier alpha value is -0.0800. The number of hydrogen-bond acceptors (Lipinski definition) is 2. The monoisotopic (exact) mass is 185 g/mol. The van der Waals surface area contributed by atoms with Crippen LogP contribution >= 0.6 is 0 Å². The van der Waals surface area contributed by atoms with Gasteiger partial charge in [-0.05, 0) is 26.3 Å². The summed E-state index contributed by atoms with van der Waals surface area (Å²) in [7, 11) is 0. The van der Waals surface area contributed by atoms with Crippen molar-refractivity contribution in [2.45, 2.75) is 58.1 Å². The molecule has 1 aliphatic rings. The van der Waals surface area contributed by atoms with E-state index in [-0.39, 0.29) is 6.10 Å². The van der Waals surface area contributed by atoms with Crippen molar-refractivity contribution in [1.29, 1.82) is 0 Å². The van der Waals surface area contributed by atoms with Gasteiger partial charge in [-0.25, -0.2) is 0 Å². The van der Waals surface area contributed by atoms with Gasteiger partial charge in [0.25, 0.3) is 0 Å². The Labute approximate surface area is 81.9 Å². The highest BCUT2D eigenvalue weighted by atomic mass is 16.3. The molecule has 0 bridgehead atoms. The number of likely N-dealkylation sites (N-methyl/N-ethyl adjacent to an activating group) is 1. The molecule has 0 aromatic carbocycles. The average molecular weight is 185 g/mol. The van der Waals surface area contributed by atoms with Crippen LogP contribution < -0.4 is 0 Å². The van der Waals surface area contributed by atoms with E-state index in [1.807, 2.05) is 6.92 Å². The van der Waals surface area contributed by atoms with Gasteiger partial charge in [-0.2, -0.15) is 0 Å². The van der Waals surface area contributed by atoms with E-state index in [0.29, 0.717) is 0 Å². The van der Waals surface area contributed by atoms with Gasteiger partial charge in [0.05, 0.1) is 6.10 Å². The second-order valence-electron chi connectivity index (χ2n) is 4.23. The van der Waals surface area contributed by atoms with Crippen molar-refractivity contribution in [3.05, 3.63) is 0 Å². The van der Waals surface area contributed by atoms with Crippen LogP contribution in [0.1, 0.15) is 46.0 Å². The smallest absolute Gasteiger partial charge is 0.0639 e. The maximum atomic E-state index is 9.34. The van der Waals surface area contributed by atoms with Crippen LogP contribution in [0.15, 0.2) is 0 Å². The van der Waals surface area contributed by atoms with Crippen LogP contribution in [-0.4, -0.2) is 35.2 Å². The molecule has 0 saturated heterocycles. The summed E-state index contributed by atoms with van der Waals surface area (Å²) in [5.74, 6) is 0. The Morgan fingerprint density at radius 2 is 1.92 bits per heavy atom. The first-order valence-corrected chi connectivity index (χ1v) is 5.66. The van der Waals surface area contributed by atoms with Crippen molar-refractivity contribution in [3.63, 3.8) is 0 Å². The third kappa shape index (κ3) is 3.65. The molecule has 2 heteroatoms. The van der Waals surface area contributed by atoms with E-state index in [1.54, 1.807) is 0 Å². The van der Waals surface area contributed by atoms with E-state index in [1.165, 1.54) is 32.1 Å². The predicted octanol–water partition coefficient (Wildman–Crippen LogP) is 2.02. The molecule has 1 aliphatic carbocycles. The normalized spacial score (nSPS) is 22.2. The highest BCUT2D eigenvalue weighted by Gasteiger charge is 2.20. The SMILES string of the molecule is CCN(C[C@@H](C)O)C1CCCCC1. The third-order valence-corrected chi connectivity index (χ3v) is 3.00. The molecular weight excluding hydrogens is 162 g/mol. The molecule has 0 unspecified atom stereocenters. The molecule has 0 amide bonds. The van der Waals surface area contributed by atoms with Crippen LogP contribution in [0, 0.1) is 0 Å². The molecule has 0 aromatic rings. The van der Waals surface area contributed by atoms with Gasteiger partial charge in [-0.15, -0.1) is 0 Å². The minimum atomic E-state index is -0.179. The van der Waals surface area contributed by atoms with Crippen LogP contribution in [0.5, 0.6) is 0 Å². The number of rotatable bonds is 4. The van der Waals surface area contributed by atoms with Crippen molar-refractivity contribution < 1.29 is 5.11 Å². The average Bonchev–Trinajstić information content (AvgIpc) is 2.15. The molecule has 0 aliphatic heterocycles. The first kappa shape index (κ1) is 11.0. The first-order valence-electron chi connectivity index (χ1n) is 5.66. The zero-order chi connectivity index (χ0) is 9.68. The van der Waals surface area contributed by atoms with Crippen molar-refractivity contribution in [3.8, 4) is 0 Å². The summed E-state index contributed by atoms with van der Waals surface area (Å²) in [5.41, 5.74) is 0. The van der Waals surface area contributed by atoms with Crippen LogP contribution in [-0.2, 0) is 0 Å². The molecule has 13 heavy (non-hydrogen) atoms. The van der Waals surface area contributed by atoms with Crippen LogP contribution in [0.3, 0.4) is 0 Å². The summed E-state index contributed by atoms with van der Waals surface area (Å²) in [5, 5.41) is 9.34. The van der Waals surface area contributed by atoms with Crippen LogP contribution in [0.25, 0.3) is 0 Å². The molecule has 78 valence electrons. The minimum absolute atomic E-state index is 0.179. The number of hydrogen-bond donors (Lipinski definition) is 1. The van der Waals surface area contributed by atoms with Crippen molar-refractivity contribution in [2.75, 3.05) is 13.1 Å². The summed E-state index contributed by atoms with van der Waals surface area (Å²) in [6, 6.07) is 0.744. The van der Waals surface area contributed by atoms with Crippen molar-refractivity contribution in [2.24, 2.45) is 0 Å². The number of nitrogens with zero attached hydrogens (tertiary/aromatic N) is 1. The quantitative estimate of drug-likeness (QED) is 0.724. The van der Waals surface area contributed by atoms with Gasteiger partial charge >= 0.3 is 0 Å². The second-order valence-corrected chi connectivity index (χ2v) is 4.23. The molecule has 1 fully saturated rings. The Morgan fingerprint density at radius 3 is 2.38 bits per heavy atom. The Balaban J connectivity index is 2.34. The van der Waals surface area contributed by atoms with Gasteiger partial charge in [-0.3, -0.25) is 4.90 Å². The Morgan fingerprint density at radius 1 is 1.31 bits per heavy atom. The topological polar surface area (TPSA) is 23.5 Å². The molecule has 1 rings (SSSR count). The van der Waals surface area contributed by atoms with Gasteiger partial charge in [0.2, 0.25) is 0 Å². The van der Waals surface area contributed by atoms with Gasteiger partial charge in [-0.1, -0.05) is 26.2 Å². The lowest BCUT2D eigenvalue weighted by Gasteiger charge is -2.34. The highest BCUT2D eigenvalue weighted by Crippen LogP contribution is 2.22. The minimum Gasteiger partial charge on any atom is -0.392 e. The van der Waals surface area contributed by atoms with Gasteiger partial charge in [0, 0.05) is 12.6 Å². The van der Waals surface area contributed by atoms with E-state index in [2.05, 4.69) is 11.8 Å². The summed E-state index contributed by atoms with van der Waals surface area (Å²) < 4.78 is 0. The molecule has 0 aromatic heterocycles. The molecule has 0 radical (unpaired) electrons. The second kappa shape index (κ2) is 5.61. The molecular formula is C11H23NO. The van der Waals surface area contributed by atoms with Gasteiger partial charge < -0.3 is 5.11 Å². The van der Waals surface area contributed by atoms with E-state index < -0.39 is 0 Å². The third-order valence-electron chi connectivity index (χ3n) is 3.00. The van der Waals surface area contributed by atoms with Crippen molar-refractivity contribution in [1.82, 2.24) is 4.90 Å². The fourth-order valence-corrected chi connectivity index (χ4v) is 2.32. The fourth-order valence-electron chi connectivity index (χ4n) is 2.32. The fraction of sp³-hybridized carbons (Fsp3) is 1.00. The Kier molecular flexibility index (Phi) is 4.74.